The summed E-state index contributed by atoms with van der Waals surface area (Å²) < 4.78 is 0. The molecule has 0 saturated heterocycles. The first-order chi connectivity index (χ1) is 9.56. The van der Waals surface area contributed by atoms with E-state index < -0.39 is 0 Å². The Hall–Kier alpha value is -2.76. The first-order valence-electron chi connectivity index (χ1n) is 5.45. The van der Waals surface area contributed by atoms with Crippen molar-refractivity contribution in [2.75, 3.05) is 0 Å². The minimum absolute atomic E-state index is 0.0884. The van der Waals surface area contributed by atoms with E-state index in [1.807, 2.05) is 12.1 Å². The van der Waals surface area contributed by atoms with Crippen molar-refractivity contribution in [2.24, 2.45) is 0 Å². The topological polar surface area (TPSA) is 90.4 Å². The number of pyridine rings is 2. The van der Waals surface area contributed by atoms with E-state index >= 15 is 0 Å². The number of nitrogens with zero attached hydrogens (tertiary/aromatic N) is 4. The summed E-state index contributed by atoms with van der Waals surface area (Å²) in [4.78, 5) is 18.2. The van der Waals surface area contributed by atoms with Gasteiger partial charge in [0, 0.05) is 19.3 Å². The first kappa shape index (κ1) is 15.3. The lowest BCUT2D eigenvalue weighted by Crippen LogP contribution is -1.95. The zero-order chi connectivity index (χ0) is 15.0. The van der Waals surface area contributed by atoms with Crippen molar-refractivity contribution in [3.8, 4) is 12.1 Å². The van der Waals surface area contributed by atoms with E-state index in [1.165, 1.54) is 19.3 Å². The van der Waals surface area contributed by atoms with Crippen molar-refractivity contribution in [3.05, 3.63) is 58.6 Å². The van der Waals surface area contributed by atoms with Crippen LogP contribution in [0.2, 0.25) is 5.15 Å². The molecule has 0 aliphatic rings. The molecule has 5 nitrogen and oxygen atoms in total. The molecule has 0 aromatic carbocycles. The van der Waals surface area contributed by atoms with Crippen LogP contribution in [-0.4, -0.2) is 15.8 Å². The summed E-state index contributed by atoms with van der Waals surface area (Å²) >= 11 is 5.45. The average Bonchev–Trinajstić information content (AvgIpc) is 2.49. The SMILES string of the molecule is CC(=O)c1ccc(C#N)cn1.N#Cc1ccc(Cl)nc1. The maximum absolute atomic E-state index is 10.7. The van der Waals surface area contributed by atoms with E-state index in [-0.39, 0.29) is 5.78 Å². The van der Waals surface area contributed by atoms with Gasteiger partial charge in [0.2, 0.25) is 0 Å². The van der Waals surface area contributed by atoms with E-state index in [1.54, 1.807) is 24.3 Å². The van der Waals surface area contributed by atoms with E-state index in [9.17, 15) is 4.79 Å². The second-order valence-electron chi connectivity index (χ2n) is 3.58. The van der Waals surface area contributed by atoms with Gasteiger partial charge in [-0.25, -0.2) is 4.98 Å². The van der Waals surface area contributed by atoms with Crippen LogP contribution in [0.3, 0.4) is 0 Å². The fraction of sp³-hybridized carbons (Fsp3) is 0.0714. The Morgan fingerprint density at radius 1 is 1.05 bits per heavy atom. The number of aromatic nitrogens is 2. The molecule has 20 heavy (non-hydrogen) atoms. The summed E-state index contributed by atoms with van der Waals surface area (Å²) in [5.74, 6) is -0.0884. The highest BCUT2D eigenvalue weighted by molar-refractivity contribution is 6.29. The van der Waals surface area contributed by atoms with Gasteiger partial charge in [-0.15, -0.1) is 0 Å². The number of rotatable bonds is 1. The average molecular weight is 285 g/mol. The molecule has 0 N–H and O–H groups in total. The summed E-state index contributed by atoms with van der Waals surface area (Å²) in [5, 5.41) is 17.1. The molecule has 98 valence electrons. The van der Waals surface area contributed by atoms with Crippen LogP contribution in [0, 0.1) is 22.7 Å². The van der Waals surface area contributed by atoms with Gasteiger partial charge in [0.1, 0.15) is 23.0 Å². The third-order valence-corrected chi connectivity index (χ3v) is 2.33. The van der Waals surface area contributed by atoms with Crippen molar-refractivity contribution in [1.29, 1.82) is 10.5 Å². The van der Waals surface area contributed by atoms with Crippen molar-refractivity contribution >= 4 is 17.4 Å². The van der Waals surface area contributed by atoms with Gasteiger partial charge in [-0.05, 0) is 24.3 Å². The highest BCUT2D eigenvalue weighted by Gasteiger charge is 1.98. The molecule has 2 rings (SSSR count). The molecule has 2 heterocycles. The normalized spacial score (nSPS) is 8.60. The lowest BCUT2D eigenvalue weighted by Gasteiger charge is -1.91. The molecule has 0 bridgehead atoms. The van der Waals surface area contributed by atoms with Crippen LogP contribution in [0.15, 0.2) is 36.7 Å². The molecule has 0 amide bonds. The van der Waals surface area contributed by atoms with Gasteiger partial charge in [0.25, 0.3) is 0 Å². The van der Waals surface area contributed by atoms with E-state index in [0.29, 0.717) is 22.0 Å². The number of carbonyl (C=O) groups excluding carboxylic acids is 1. The van der Waals surface area contributed by atoms with Crippen LogP contribution in [0.4, 0.5) is 0 Å². The number of hydrogen-bond donors (Lipinski definition) is 0. The lowest BCUT2D eigenvalue weighted by molar-refractivity contribution is 0.101. The Morgan fingerprint density at radius 2 is 1.60 bits per heavy atom. The Balaban J connectivity index is 0.000000204. The molecule has 0 aliphatic heterocycles. The Bertz CT molecular complexity index is 666. The molecule has 0 spiro atoms. The lowest BCUT2D eigenvalue weighted by atomic mass is 10.2. The second kappa shape index (κ2) is 7.63. The third kappa shape index (κ3) is 4.85. The minimum atomic E-state index is -0.0884. The molecule has 0 unspecified atom stereocenters. The van der Waals surface area contributed by atoms with Gasteiger partial charge in [-0.3, -0.25) is 9.78 Å². The van der Waals surface area contributed by atoms with Crippen molar-refractivity contribution < 1.29 is 4.79 Å². The van der Waals surface area contributed by atoms with Gasteiger partial charge in [-0.1, -0.05) is 11.6 Å². The van der Waals surface area contributed by atoms with Crippen molar-refractivity contribution in [2.45, 2.75) is 6.92 Å². The summed E-state index contributed by atoms with van der Waals surface area (Å²) in [6, 6.07) is 10.2. The molecule has 0 fully saturated rings. The van der Waals surface area contributed by atoms with E-state index in [0.717, 1.165) is 0 Å². The van der Waals surface area contributed by atoms with Crippen molar-refractivity contribution in [3.63, 3.8) is 0 Å². The summed E-state index contributed by atoms with van der Waals surface area (Å²) in [6.07, 6.45) is 2.82. The maximum Gasteiger partial charge on any atom is 0.178 e. The Morgan fingerprint density at radius 3 is 1.95 bits per heavy atom. The fourth-order valence-corrected chi connectivity index (χ4v) is 1.22. The quantitative estimate of drug-likeness (QED) is 0.593. The standard InChI is InChI=1S/C8H6N2O.C6H3ClN2/c1-6(11)8-3-2-7(4-9)5-10-8;7-6-2-1-5(3-8)4-9-6/h2-3,5H,1H3;1-2,4H. The number of nitriles is 2. The largest absolute Gasteiger partial charge is 0.293 e. The monoisotopic (exact) mass is 284 g/mol. The van der Waals surface area contributed by atoms with Crippen LogP contribution < -0.4 is 0 Å². The summed E-state index contributed by atoms with van der Waals surface area (Å²) in [5.41, 5.74) is 1.39. The van der Waals surface area contributed by atoms with Crippen molar-refractivity contribution in [1.82, 2.24) is 9.97 Å². The Labute approximate surface area is 121 Å². The number of Topliss-reactive ketones (excluding diaryl/α,β-unsaturated/α-hetero) is 1. The second-order valence-corrected chi connectivity index (χ2v) is 3.97. The predicted molar refractivity (Wildman–Crippen MR) is 72.9 cm³/mol. The molecule has 0 radical (unpaired) electrons. The molecule has 0 atom stereocenters. The van der Waals surface area contributed by atoms with Crippen LogP contribution in [0.5, 0.6) is 0 Å². The molecular formula is C14H9ClN4O. The zero-order valence-electron chi connectivity index (χ0n) is 10.5. The third-order valence-electron chi connectivity index (χ3n) is 2.11. The molecule has 2 aromatic heterocycles. The van der Waals surface area contributed by atoms with Gasteiger partial charge >= 0.3 is 0 Å². The van der Waals surface area contributed by atoms with Crippen LogP contribution in [0.25, 0.3) is 0 Å². The van der Waals surface area contributed by atoms with E-state index in [2.05, 4.69) is 9.97 Å². The number of hydrogen-bond acceptors (Lipinski definition) is 5. The minimum Gasteiger partial charge on any atom is -0.293 e. The highest BCUT2D eigenvalue weighted by Crippen LogP contribution is 2.03. The van der Waals surface area contributed by atoms with Crippen LogP contribution in [-0.2, 0) is 0 Å². The summed E-state index contributed by atoms with van der Waals surface area (Å²) in [6.45, 7) is 1.44. The number of halogens is 1. The molecule has 6 heteroatoms. The fourth-order valence-electron chi connectivity index (χ4n) is 1.11. The van der Waals surface area contributed by atoms with Gasteiger partial charge in [-0.2, -0.15) is 10.5 Å². The first-order valence-corrected chi connectivity index (χ1v) is 5.83. The zero-order valence-corrected chi connectivity index (χ0v) is 11.3. The van der Waals surface area contributed by atoms with Gasteiger partial charge < -0.3 is 0 Å². The Kier molecular flexibility index (Phi) is 5.83. The van der Waals surface area contributed by atoms with Crippen LogP contribution in [0.1, 0.15) is 28.5 Å². The van der Waals surface area contributed by atoms with Crippen LogP contribution >= 0.6 is 11.6 Å². The predicted octanol–water partition coefficient (Wildman–Crippen LogP) is 2.76. The smallest absolute Gasteiger partial charge is 0.178 e. The van der Waals surface area contributed by atoms with Gasteiger partial charge in [0.15, 0.2) is 5.78 Å². The molecule has 0 saturated carbocycles. The molecule has 2 aromatic rings. The highest BCUT2D eigenvalue weighted by atomic mass is 35.5. The van der Waals surface area contributed by atoms with Gasteiger partial charge in [0.05, 0.1) is 11.1 Å². The maximum atomic E-state index is 10.7. The molecule has 0 aliphatic carbocycles. The summed E-state index contributed by atoms with van der Waals surface area (Å²) in [7, 11) is 0. The number of ketones is 1. The number of carbonyl (C=O) groups is 1. The molecular weight excluding hydrogens is 276 g/mol. The van der Waals surface area contributed by atoms with E-state index in [4.69, 9.17) is 22.1 Å².